The number of nitrogens with one attached hydrogen (secondary N) is 1. The molecule has 0 radical (unpaired) electrons. The summed E-state index contributed by atoms with van der Waals surface area (Å²) in [6.45, 7) is 0. The van der Waals surface area contributed by atoms with Gasteiger partial charge in [0.2, 0.25) is 0 Å². The highest BCUT2D eigenvalue weighted by atomic mass is 19.1. The normalized spacial score (nSPS) is 10.7. The van der Waals surface area contributed by atoms with Crippen LogP contribution in [0.3, 0.4) is 0 Å². The molecule has 0 amide bonds. The van der Waals surface area contributed by atoms with Gasteiger partial charge in [0.1, 0.15) is 17.5 Å². The Bertz CT molecular complexity index is 1140. The number of hydrogen-bond acceptors (Lipinski definition) is 4. The summed E-state index contributed by atoms with van der Waals surface area (Å²) in [6.07, 6.45) is 1.60. The highest BCUT2D eigenvalue weighted by Crippen LogP contribution is 2.29. The monoisotopic (exact) mass is 329 g/mol. The van der Waals surface area contributed by atoms with Crippen LogP contribution in [-0.2, 0) is 0 Å². The molecule has 0 aliphatic carbocycles. The van der Waals surface area contributed by atoms with Crippen molar-refractivity contribution in [3.63, 3.8) is 0 Å². The van der Waals surface area contributed by atoms with Crippen molar-refractivity contribution in [2.24, 2.45) is 0 Å². The second kappa shape index (κ2) is 5.73. The molecule has 0 unspecified atom stereocenters. The Morgan fingerprint density at radius 3 is 2.76 bits per heavy atom. The lowest BCUT2D eigenvalue weighted by Gasteiger charge is -2.06. The lowest BCUT2D eigenvalue weighted by Crippen LogP contribution is -1.96. The van der Waals surface area contributed by atoms with Gasteiger partial charge in [-0.2, -0.15) is 5.26 Å². The number of imidazole rings is 1. The molecule has 0 spiro atoms. The summed E-state index contributed by atoms with van der Waals surface area (Å²) in [4.78, 5) is 11.9. The Balaban J connectivity index is 1.85. The van der Waals surface area contributed by atoms with Gasteiger partial charge in [0.15, 0.2) is 0 Å². The second-order valence-electron chi connectivity index (χ2n) is 5.60. The molecule has 0 bridgehead atoms. The van der Waals surface area contributed by atoms with Crippen LogP contribution >= 0.6 is 0 Å². The molecule has 4 aromatic rings. The van der Waals surface area contributed by atoms with Gasteiger partial charge >= 0.3 is 0 Å². The number of nitrogens with zero attached hydrogens (tertiary/aromatic N) is 3. The average Bonchev–Trinajstić information content (AvgIpc) is 3.05. The van der Waals surface area contributed by atoms with E-state index in [-0.39, 0.29) is 5.82 Å². The van der Waals surface area contributed by atoms with Gasteiger partial charge in [-0.3, -0.25) is 0 Å². The van der Waals surface area contributed by atoms with Crippen molar-refractivity contribution >= 4 is 16.9 Å². The van der Waals surface area contributed by atoms with E-state index in [4.69, 9.17) is 11.0 Å². The Labute approximate surface area is 142 Å². The molecule has 0 fully saturated rings. The second-order valence-corrected chi connectivity index (χ2v) is 5.60. The zero-order valence-corrected chi connectivity index (χ0v) is 13.0. The van der Waals surface area contributed by atoms with Gasteiger partial charge in [0, 0.05) is 11.8 Å². The maximum absolute atomic E-state index is 13.5. The van der Waals surface area contributed by atoms with Crippen molar-refractivity contribution < 1.29 is 4.39 Å². The minimum Gasteiger partial charge on any atom is -0.383 e. The largest absolute Gasteiger partial charge is 0.383 e. The number of aromatic amines is 1. The molecule has 2 aromatic heterocycles. The van der Waals surface area contributed by atoms with Crippen LogP contribution in [0.1, 0.15) is 5.56 Å². The van der Waals surface area contributed by atoms with Gasteiger partial charge < -0.3 is 10.7 Å². The molecule has 0 saturated heterocycles. The number of nitrogens with two attached hydrogens (primary N) is 1. The SMILES string of the molecule is N#Cc1ccc2nc(-c3cc(-c4cccc(F)c4)cnc3N)[nH]c2c1. The first-order chi connectivity index (χ1) is 12.1. The van der Waals surface area contributed by atoms with Crippen LogP contribution < -0.4 is 5.73 Å². The zero-order valence-electron chi connectivity index (χ0n) is 13.0. The molecule has 25 heavy (non-hydrogen) atoms. The van der Waals surface area contributed by atoms with Crippen LogP contribution in [0.2, 0.25) is 0 Å². The van der Waals surface area contributed by atoms with E-state index in [2.05, 4.69) is 21.0 Å². The molecular formula is C19H12FN5. The van der Waals surface area contributed by atoms with Crippen LogP contribution in [0.25, 0.3) is 33.5 Å². The molecule has 6 heteroatoms. The van der Waals surface area contributed by atoms with E-state index in [0.717, 1.165) is 16.6 Å². The van der Waals surface area contributed by atoms with E-state index >= 15 is 0 Å². The molecule has 4 rings (SSSR count). The Hall–Kier alpha value is -3.72. The molecule has 0 saturated carbocycles. The molecular weight excluding hydrogens is 317 g/mol. The summed E-state index contributed by atoms with van der Waals surface area (Å²) in [5, 5.41) is 9.00. The van der Waals surface area contributed by atoms with E-state index in [1.54, 1.807) is 36.5 Å². The fraction of sp³-hybridized carbons (Fsp3) is 0. The summed E-state index contributed by atoms with van der Waals surface area (Å²) in [6, 6.07) is 15.4. The van der Waals surface area contributed by atoms with Crippen molar-refractivity contribution in [1.29, 1.82) is 5.26 Å². The van der Waals surface area contributed by atoms with Crippen LogP contribution in [0.5, 0.6) is 0 Å². The van der Waals surface area contributed by atoms with E-state index in [9.17, 15) is 4.39 Å². The first-order valence-electron chi connectivity index (χ1n) is 7.56. The standard InChI is InChI=1S/C19H12FN5/c20-14-3-1-2-12(7-14)13-8-15(18(22)23-10-13)19-24-16-5-4-11(9-21)6-17(16)25-19/h1-8,10H,(H2,22,23)(H,24,25). The number of hydrogen-bond donors (Lipinski definition) is 2. The summed E-state index contributed by atoms with van der Waals surface area (Å²) in [5.41, 5.74) is 10.1. The summed E-state index contributed by atoms with van der Waals surface area (Å²) >= 11 is 0. The summed E-state index contributed by atoms with van der Waals surface area (Å²) in [7, 11) is 0. The topological polar surface area (TPSA) is 91.4 Å². The van der Waals surface area contributed by atoms with Crippen LogP contribution in [0, 0.1) is 17.1 Å². The van der Waals surface area contributed by atoms with E-state index in [0.29, 0.717) is 28.3 Å². The zero-order chi connectivity index (χ0) is 17.4. The van der Waals surface area contributed by atoms with Gasteiger partial charge in [0.05, 0.1) is 28.2 Å². The predicted molar refractivity (Wildman–Crippen MR) is 93.8 cm³/mol. The third-order valence-electron chi connectivity index (χ3n) is 3.94. The minimum atomic E-state index is -0.316. The van der Waals surface area contributed by atoms with Gasteiger partial charge in [-0.25, -0.2) is 14.4 Å². The third-order valence-corrected chi connectivity index (χ3v) is 3.94. The van der Waals surface area contributed by atoms with Crippen molar-refractivity contribution in [1.82, 2.24) is 15.0 Å². The molecule has 5 nitrogen and oxygen atoms in total. The number of H-pyrrole nitrogens is 1. The highest BCUT2D eigenvalue weighted by molar-refractivity contribution is 5.84. The number of benzene rings is 2. The molecule has 2 heterocycles. The van der Waals surface area contributed by atoms with Gasteiger partial charge in [-0.1, -0.05) is 12.1 Å². The van der Waals surface area contributed by atoms with Crippen molar-refractivity contribution in [3.05, 3.63) is 66.1 Å². The maximum atomic E-state index is 13.5. The molecule has 120 valence electrons. The lowest BCUT2D eigenvalue weighted by molar-refractivity contribution is 0.628. The molecule has 0 atom stereocenters. The van der Waals surface area contributed by atoms with E-state index < -0.39 is 0 Å². The minimum absolute atomic E-state index is 0.316. The molecule has 0 aliphatic heterocycles. The number of anilines is 1. The fourth-order valence-corrected chi connectivity index (χ4v) is 2.70. The number of fused-ring (bicyclic) bond motifs is 1. The predicted octanol–water partition coefficient (Wildman–Crippen LogP) is 3.88. The number of rotatable bonds is 2. The maximum Gasteiger partial charge on any atom is 0.142 e. The van der Waals surface area contributed by atoms with Crippen LogP contribution in [0.4, 0.5) is 10.2 Å². The number of aromatic nitrogens is 3. The number of nitrogen functional groups attached to an aromatic ring is 1. The number of halogens is 1. The molecule has 2 aromatic carbocycles. The number of nitriles is 1. The van der Waals surface area contributed by atoms with Crippen LogP contribution in [0.15, 0.2) is 54.7 Å². The Morgan fingerprint density at radius 1 is 1.08 bits per heavy atom. The third kappa shape index (κ3) is 2.68. The van der Waals surface area contributed by atoms with Gasteiger partial charge in [-0.05, 0) is 42.0 Å². The average molecular weight is 329 g/mol. The van der Waals surface area contributed by atoms with Gasteiger partial charge in [0.25, 0.3) is 0 Å². The lowest BCUT2D eigenvalue weighted by atomic mass is 10.1. The highest BCUT2D eigenvalue weighted by Gasteiger charge is 2.12. The quantitative estimate of drug-likeness (QED) is 0.584. The summed E-state index contributed by atoms with van der Waals surface area (Å²) < 4.78 is 13.5. The molecule has 0 aliphatic rings. The fourth-order valence-electron chi connectivity index (χ4n) is 2.70. The molecule has 3 N–H and O–H groups in total. The smallest absolute Gasteiger partial charge is 0.142 e. The van der Waals surface area contributed by atoms with E-state index in [1.807, 2.05) is 6.07 Å². The van der Waals surface area contributed by atoms with Crippen molar-refractivity contribution in [2.45, 2.75) is 0 Å². The van der Waals surface area contributed by atoms with Crippen molar-refractivity contribution in [3.8, 4) is 28.6 Å². The van der Waals surface area contributed by atoms with E-state index in [1.165, 1.54) is 12.1 Å². The van der Waals surface area contributed by atoms with Crippen LogP contribution in [-0.4, -0.2) is 15.0 Å². The summed E-state index contributed by atoms with van der Waals surface area (Å²) in [5.74, 6) is 0.553. The Morgan fingerprint density at radius 2 is 1.96 bits per heavy atom. The van der Waals surface area contributed by atoms with Gasteiger partial charge in [-0.15, -0.1) is 0 Å². The first kappa shape index (κ1) is 14.8. The van der Waals surface area contributed by atoms with Crippen molar-refractivity contribution in [2.75, 3.05) is 5.73 Å². The first-order valence-corrected chi connectivity index (χ1v) is 7.56. The number of pyridine rings is 1. The Kier molecular flexibility index (Phi) is 3.40.